The second-order valence-corrected chi connectivity index (χ2v) is 8.54. The number of likely N-dealkylation sites (tertiary alicyclic amines) is 1. The lowest BCUT2D eigenvalue weighted by Crippen LogP contribution is -2.42. The average molecular weight is 436 g/mol. The molecular weight excluding hydrogens is 413 g/mol. The lowest BCUT2D eigenvalue weighted by atomic mass is 9.97. The van der Waals surface area contributed by atoms with Gasteiger partial charge in [0.2, 0.25) is 15.9 Å². The van der Waals surface area contributed by atoms with E-state index in [4.69, 9.17) is 5.73 Å². The van der Waals surface area contributed by atoms with Crippen molar-refractivity contribution in [1.29, 1.82) is 0 Å². The first-order valence-electron chi connectivity index (χ1n) is 8.98. The molecule has 0 aromatic heterocycles. The molecule has 1 aliphatic heterocycles. The largest absolute Gasteiger partial charge is 0.471 e. The molecule has 1 aliphatic rings. The molecule has 1 aromatic carbocycles. The Hall–Kier alpha value is -2.18. The normalized spacial score (nSPS) is 18.4. The highest BCUT2D eigenvalue weighted by molar-refractivity contribution is 7.89. The van der Waals surface area contributed by atoms with Gasteiger partial charge < -0.3 is 16.0 Å². The first-order chi connectivity index (χ1) is 13.5. The van der Waals surface area contributed by atoms with Crippen molar-refractivity contribution in [1.82, 2.24) is 9.62 Å². The standard InChI is InChI=1S/C17H23F3N4O4S/c18-17(19,20)16(26)23-13-4-6-14(7-5-13)29(27,28)22-8-2-10-24-9-1-3-12(11-24)15(21)25/h4-7,12,22H,1-3,8-11H2,(H2,21,25)(H,23,26). The molecule has 1 saturated heterocycles. The number of carbonyl (C=O) groups is 2. The smallest absolute Gasteiger partial charge is 0.369 e. The van der Waals surface area contributed by atoms with Crippen LogP contribution in [-0.2, 0) is 19.6 Å². The molecular formula is C17H23F3N4O4S. The molecule has 162 valence electrons. The van der Waals surface area contributed by atoms with Crippen molar-refractivity contribution in [3.63, 3.8) is 0 Å². The fraction of sp³-hybridized carbons (Fsp3) is 0.529. The summed E-state index contributed by atoms with van der Waals surface area (Å²) in [6, 6.07) is 4.37. The number of sulfonamides is 1. The number of carbonyl (C=O) groups excluding carboxylic acids is 2. The van der Waals surface area contributed by atoms with Gasteiger partial charge in [0.05, 0.1) is 10.8 Å². The van der Waals surface area contributed by atoms with E-state index in [2.05, 4.69) is 9.62 Å². The van der Waals surface area contributed by atoms with Crippen molar-refractivity contribution in [2.45, 2.75) is 30.3 Å². The van der Waals surface area contributed by atoms with Gasteiger partial charge in [-0.3, -0.25) is 9.59 Å². The van der Waals surface area contributed by atoms with E-state index in [9.17, 15) is 31.2 Å². The highest BCUT2D eigenvalue weighted by Crippen LogP contribution is 2.20. The molecule has 2 rings (SSSR count). The summed E-state index contributed by atoms with van der Waals surface area (Å²) in [4.78, 5) is 24.1. The van der Waals surface area contributed by atoms with Gasteiger partial charge in [-0.25, -0.2) is 13.1 Å². The van der Waals surface area contributed by atoms with E-state index in [-0.39, 0.29) is 29.0 Å². The number of nitrogens with one attached hydrogen (secondary N) is 2. The molecule has 8 nitrogen and oxygen atoms in total. The minimum atomic E-state index is -5.03. The van der Waals surface area contributed by atoms with E-state index in [0.29, 0.717) is 19.5 Å². The van der Waals surface area contributed by atoms with E-state index in [1.807, 2.05) is 0 Å². The van der Waals surface area contributed by atoms with Crippen LogP contribution in [-0.4, -0.2) is 57.5 Å². The maximum atomic E-state index is 12.3. The quantitative estimate of drug-likeness (QED) is 0.526. The summed E-state index contributed by atoms with van der Waals surface area (Å²) in [7, 11) is -3.84. The molecule has 1 aromatic rings. The van der Waals surface area contributed by atoms with E-state index in [0.717, 1.165) is 43.7 Å². The minimum Gasteiger partial charge on any atom is -0.369 e. The Labute approximate surface area is 166 Å². The maximum Gasteiger partial charge on any atom is 0.471 e. The van der Waals surface area contributed by atoms with Gasteiger partial charge in [0.25, 0.3) is 0 Å². The summed E-state index contributed by atoms with van der Waals surface area (Å²) >= 11 is 0. The third kappa shape index (κ3) is 6.98. The zero-order chi connectivity index (χ0) is 21.7. The van der Waals surface area contributed by atoms with Gasteiger partial charge in [-0.15, -0.1) is 0 Å². The van der Waals surface area contributed by atoms with E-state index >= 15 is 0 Å². The summed E-state index contributed by atoms with van der Waals surface area (Å²) in [6.07, 6.45) is -2.89. The number of nitrogens with zero attached hydrogens (tertiary/aromatic N) is 1. The Balaban J connectivity index is 1.82. The van der Waals surface area contributed by atoms with Crippen LogP contribution in [0.1, 0.15) is 19.3 Å². The zero-order valence-electron chi connectivity index (χ0n) is 15.5. The third-order valence-electron chi connectivity index (χ3n) is 4.53. The number of hydrogen-bond donors (Lipinski definition) is 3. The van der Waals surface area contributed by atoms with Gasteiger partial charge in [0.15, 0.2) is 0 Å². The fourth-order valence-electron chi connectivity index (χ4n) is 3.00. The number of alkyl halides is 3. The van der Waals surface area contributed by atoms with Crippen molar-refractivity contribution in [2.75, 3.05) is 31.5 Å². The van der Waals surface area contributed by atoms with Gasteiger partial charge in [-0.2, -0.15) is 13.2 Å². The molecule has 0 spiro atoms. The monoisotopic (exact) mass is 436 g/mol. The zero-order valence-corrected chi connectivity index (χ0v) is 16.4. The maximum absolute atomic E-state index is 12.3. The summed E-state index contributed by atoms with van der Waals surface area (Å²) in [5.41, 5.74) is 5.16. The molecule has 0 aliphatic carbocycles. The highest BCUT2D eigenvalue weighted by Gasteiger charge is 2.38. The Kier molecular flexibility index (Phi) is 7.60. The summed E-state index contributed by atoms with van der Waals surface area (Å²) in [5, 5.41) is 1.64. The van der Waals surface area contributed by atoms with Gasteiger partial charge >= 0.3 is 12.1 Å². The number of anilines is 1. The number of hydrogen-bond acceptors (Lipinski definition) is 5. The highest BCUT2D eigenvalue weighted by atomic mass is 32.2. The van der Waals surface area contributed by atoms with Crippen molar-refractivity contribution in [3.05, 3.63) is 24.3 Å². The molecule has 4 N–H and O–H groups in total. The molecule has 12 heteroatoms. The summed E-state index contributed by atoms with van der Waals surface area (Å²) in [6.45, 7) is 2.15. The second kappa shape index (κ2) is 9.55. The van der Waals surface area contributed by atoms with Crippen molar-refractivity contribution < 1.29 is 31.2 Å². The Bertz CT molecular complexity index is 828. The van der Waals surface area contributed by atoms with Crippen molar-refractivity contribution in [2.24, 2.45) is 11.7 Å². The van der Waals surface area contributed by atoms with Crippen LogP contribution in [0.3, 0.4) is 0 Å². The molecule has 29 heavy (non-hydrogen) atoms. The number of halogens is 3. The fourth-order valence-corrected chi connectivity index (χ4v) is 4.08. The lowest BCUT2D eigenvalue weighted by Gasteiger charge is -2.31. The Morgan fingerprint density at radius 2 is 1.86 bits per heavy atom. The molecule has 0 radical (unpaired) electrons. The Morgan fingerprint density at radius 1 is 1.21 bits per heavy atom. The second-order valence-electron chi connectivity index (χ2n) is 6.77. The van der Waals surface area contributed by atoms with E-state index in [1.165, 1.54) is 0 Å². The third-order valence-corrected chi connectivity index (χ3v) is 6.01. The van der Waals surface area contributed by atoms with E-state index < -0.39 is 22.1 Å². The Morgan fingerprint density at radius 3 is 2.45 bits per heavy atom. The lowest BCUT2D eigenvalue weighted by molar-refractivity contribution is -0.167. The van der Waals surface area contributed by atoms with Crippen LogP contribution in [0.25, 0.3) is 0 Å². The number of piperidine rings is 1. The topological polar surface area (TPSA) is 122 Å². The van der Waals surface area contributed by atoms with Crippen LogP contribution < -0.4 is 15.8 Å². The average Bonchev–Trinajstić information content (AvgIpc) is 2.65. The van der Waals surface area contributed by atoms with Gasteiger partial charge in [-0.1, -0.05) is 0 Å². The number of nitrogens with two attached hydrogens (primary N) is 1. The van der Waals surface area contributed by atoms with Crippen LogP contribution in [0.2, 0.25) is 0 Å². The molecule has 1 heterocycles. The molecule has 2 amide bonds. The van der Waals surface area contributed by atoms with Gasteiger partial charge in [0.1, 0.15) is 0 Å². The summed E-state index contributed by atoms with van der Waals surface area (Å²) in [5.74, 6) is -2.65. The van der Waals surface area contributed by atoms with E-state index in [1.54, 1.807) is 5.32 Å². The first-order valence-corrected chi connectivity index (χ1v) is 10.5. The molecule has 1 unspecified atom stereocenters. The van der Waals surface area contributed by atoms with Crippen LogP contribution >= 0.6 is 0 Å². The van der Waals surface area contributed by atoms with Crippen LogP contribution in [0, 0.1) is 5.92 Å². The molecule has 0 saturated carbocycles. The molecule has 0 bridgehead atoms. The van der Waals surface area contributed by atoms with Crippen LogP contribution in [0.15, 0.2) is 29.2 Å². The minimum absolute atomic E-state index is 0.130. The molecule has 1 fully saturated rings. The summed E-state index contributed by atoms with van der Waals surface area (Å²) < 4.78 is 63.6. The molecule has 1 atom stereocenters. The van der Waals surface area contributed by atoms with Crippen LogP contribution in [0.4, 0.5) is 18.9 Å². The van der Waals surface area contributed by atoms with Crippen molar-refractivity contribution in [3.8, 4) is 0 Å². The first kappa shape index (κ1) is 23.1. The predicted molar refractivity (Wildman–Crippen MR) is 99.3 cm³/mol. The number of primary amides is 1. The van der Waals surface area contributed by atoms with Gasteiger partial charge in [-0.05, 0) is 56.6 Å². The van der Waals surface area contributed by atoms with Gasteiger partial charge in [0, 0.05) is 18.8 Å². The number of amides is 2. The van der Waals surface area contributed by atoms with Crippen molar-refractivity contribution >= 4 is 27.5 Å². The number of benzene rings is 1. The number of rotatable bonds is 8. The van der Waals surface area contributed by atoms with Crippen LogP contribution in [0.5, 0.6) is 0 Å². The predicted octanol–water partition coefficient (Wildman–Crippen LogP) is 1.05. The SMILES string of the molecule is NC(=O)C1CCCN(CCCNS(=O)(=O)c2ccc(NC(=O)C(F)(F)F)cc2)C1.